The van der Waals surface area contributed by atoms with Gasteiger partial charge in [0.05, 0.1) is 12.2 Å². The zero-order chi connectivity index (χ0) is 18.7. The molecule has 1 aromatic rings. The molecule has 25 heavy (non-hydrogen) atoms. The van der Waals surface area contributed by atoms with Gasteiger partial charge < -0.3 is 10.1 Å². The van der Waals surface area contributed by atoms with Crippen molar-refractivity contribution in [3.8, 4) is 5.75 Å². The SMILES string of the molecule is CCCCCCCNC(=S)NC(=O)c1cc(Br)ccc1OCC(C)C. The molecule has 0 radical (unpaired) electrons. The molecule has 0 unspecified atom stereocenters. The summed E-state index contributed by atoms with van der Waals surface area (Å²) in [6.45, 7) is 7.67. The van der Waals surface area contributed by atoms with Gasteiger partial charge in [0.2, 0.25) is 0 Å². The van der Waals surface area contributed by atoms with E-state index in [1.165, 1.54) is 25.7 Å². The number of halogens is 1. The van der Waals surface area contributed by atoms with E-state index in [0.29, 0.717) is 29.0 Å². The van der Waals surface area contributed by atoms with E-state index >= 15 is 0 Å². The topological polar surface area (TPSA) is 50.4 Å². The number of nitrogens with one attached hydrogen (secondary N) is 2. The van der Waals surface area contributed by atoms with Crippen LogP contribution in [0.5, 0.6) is 5.75 Å². The summed E-state index contributed by atoms with van der Waals surface area (Å²) in [4.78, 5) is 12.5. The molecule has 0 heterocycles. The Hall–Kier alpha value is -1.14. The summed E-state index contributed by atoms with van der Waals surface area (Å²) in [5, 5.41) is 6.18. The standard InChI is InChI=1S/C19H29BrN2O2S/c1-4-5-6-7-8-11-21-19(25)22-18(23)16-12-15(20)9-10-17(16)24-13-14(2)3/h9-10,12,14H,4-8,11,13H2,1-3H3,(H2,21,22,23,25). The van der Waals surface area contributed by atoms with E-state index in [-0.39, 0.29) is 5.91 Å². The molecule has 0 aliphatic rings. The lowest BCUT2D eigenvalue weighted by Gasteiger charge is -2.14. The summed E-state index contributed by atoms with van der Waals surface area (Å²) < 4.78 is 6.57. The van der Waals surface area contributed by atoms with Crippen LogP contribution >= 0.6 is 28.1 Å². The Morgan fingerprint density at radius 2 is 1.96 bits per heavy atom. The predicted molar refractivity (Wildman–Crippen MR) is 111 cm³/mol. The van der Waals surface area contributed by atoms with E-state index in [1.54, 1.807) is 12.1 Å². The minimum Gasteiger partial charge on any atom is -0.492 e. The molecule has 0 saturated heterocycles. The summed E-state index contributed by atoms with van der Waals surface area (Å²) in [7, 11) is 0. The smallest absolute Gasteiger partial charge is 0.261 e. The zero-order valence-electron chi connectivity index (χ0n) is 15.4. The zero-order valence-corrected chi connectivity index (χ0v) is 17.8. The maximum absolute atomic E-state index is 12.5. The lowest BCUT2D eigenvalue weighted by atomic mass is 10.1. The second kappa shape index (κ2) is 12.3. The average molecular weight is 429 g/mol. The number of ether oxygens (including phenoxy) is 1. The molecule has 6 heteroatoms. The molecule has 0 atom stereocenters. The third-order valence-corrected chi connectivity index (χ3v) is 4.29. The molecule has 0 fully saturated rings. The van der Waals surface area contributed by atoms with Crippen molar-refractivity contribution >= 4 is 39.2 Å². The van der Waals surface area contributed by atoms with Crippen molar-refractivity contribution in [1.29, 1.82) is 0 Å². The van der Waals surface area contributed by atoms with Gasteiger partial charge in [0.1, 0.15) is 5.75 Å². The van der Waals surface area contributed by atoms with Gasteiger partial charge in [0.25, 0.3) is 5.91 Å². The number of hydrogen-bond donors (Lipinski definition) is 2. The Balaban J connectivity index is 2.52. The first kappa shape index (κ1) is 21.9. The van der Waals surface area contributed by atoms with Crippen LogP contribution in [-0.2, 0) is 0 Å². The van der Waals surface area contributed by atoms with E-state index in [0.717, 1.165) is 17.4 Å². The van der Waals surface area contributed by atoms with Crippen molar-refractivity contribution in [2.24, 2.45) is 5.92 Å². The Morgan fingerprint density at radius 3 is 2.64 bits per heavy atom. The predicted octanol–water partition coefficient (Wildman–Crippen LogP) is 5.06. The van der Waals surface area contributed by atoms with Crippen LogP contribution in [0.3, 0.4) is 0 Å². The maximum Gasteiger partial charge on any atom is 0.261 e. The first-order chi connectivity index (χ1) is 11.9. The van der Waals surface area contributed by atoms with Gasteiger partial charge in [0.15, 0.2) is 5.11 Å². The fourth-order valence-corrected chi connectivity index (χ4v) is 2.76. The summed E-state index contributed by atoms with van der Waals surface area (Å²) in [6.07, 6.45) is 5.97. The van der Waals surface area contributed by atoms with Crippen LogP contribution in [0.1, 0.15) is 63.2 Å². The highest BCUT2D eigenvalue weighted by Gasteiger charge is 2.15. The van der Waals surface area contributed by atoms with Crippen molar-refractivity contribution in [3.05, 3.63) is 28.2 Å². The Morgan fingerprint density at radius 1 is 1.24 bits per heavy atom. The van der Waals surface area contributed by atoms with Gasteiger partial charge >= 0.3 is 0 Å². The fraction of sp³-hybridized carbons (Fsp3) is 0.579. The lowest BCUT2D eigenvalue weighted by molar-refractivity contribution is 0.0972. The van der Waals surface area contributed by atoms with Gasteiger partial charge in [-0.2, -0.15) is 0 Å². The summed E-state index contributed by atoms with van der Waals surface area (Å²) in [5.41, 5.74) is 0.474. The molecule has 0 saturated carbocycles. The van der Waals surface area contributed by atoms with Gasteiger partial charge in [-0.15, -0.1) is 0 Å². The molecule has 0 aliphatic carbocycles. The number of amides is 1. The molecular weight excluding hydrogens is 400 g/mol. The van der Waals surface area contributed by atoms with Crippen molar-refractivity contribution in [3.63, 3.8) is 0 Å². The molecule has 0 aliphatic heterocycles. The number of benzene rings is 1. The lowest BCUT2D eigenvalue weighted by Crippen LogP contribution is -2.39. The van der Waals surface area contributed by atoms with E-state index in [2.05, 4.69) is 47.3 Å². The maximum atomic E-state index is 12.5. The molecule has 1 rings (SSSR count). The van der Waals surface area contributed by atoms with Crippen LogP contribution in [0.4, 0.5) is 0 Å². The Bertz CT molecular complexity index is 564. The van der Waals surface area contributed by atoms with E-state index < -0.39 is 0 Å². The van der Waals surface area contributed by atoms with Crippen molar-refractivity contribution in [2.45, 2.75) is 52.9 Å². The monoisotopic (exact) mass is 428 g/mol. The third-order valence-electron chi connectivity index (χ3n) is 3.55. The minimum atomic E-state index is -0.261. The van der Waals surface area contributed by atoms with Crippen LogP contribution < -0.4 is 15.4 Å². The van der Waals surface area contributed by atoms with E-state index in [9.17, 15) is 4.79 Å². The van der Waals surface area contributed by atoms with Gasteiger partial charge in [-0.05, 0) is 42.8 Å². The van der Waals surface area contributed by atoms with Gasteiger partial charge in [-0.3, -0.25) is 10.1 Å². The highest BCUT2D eigenvalue weighted by atomic mass is 79.9. The highest BCUT2D eigenvalue weighted by molar-refractivity contribution is 9.10. The van der Waals surface area contributed by atoms with Crippen molar-refractivity contribution in [2.75, 3.05) is 13.2 Å². The quantitative estimate of drug-likeness (QED) is 0.403. The molecule has 1 amide bonds. The van der Waals surface area contributed by atoms with E-state index in [4.69, 9.17) is 17.0 Å². The number of thiocarbonyl (C=S) groups is 1. The first-order valence-electron chi connectivity index (χ1n) is 8.95. The number of hydrogen-bond acceptors (Lipinski definition) is 3. The second-order valence-electron chi connectivity index (χ2n) is 6.47. The molecule has 0 spiro atoms. The van der Waals surface area contributed by atoms with Gasteiger partial charge in [0, 0.05) is 11.0 Å². The second-order valence-corrected chi connectivity index (χ2v) is 7.79. The van der Waals surface area contributed by atoms with Gasteiger partial charge in [-0.1, -0.05) is 62.4 Å². The van der Waals surface area contributed by atoms with Crippen LogP contribution in [0.15, 0.2) is 22.7 Å². The minimum absolute atomic E-state index is 0.261. The fourth-order valence-electron chi connectivity index (χ4n) is 2.21. The largest absolute Gasteiger partial charge is 0.492 e. The highest BCUT2D eigenvalue weighted by Crippen LogP contribution is 2.23. The van der Waals surface area contributed by atoms with Gasteiger partial charge in [-0.25, -0.2) is 0 Å². The molecule has 1 aromatic carbocycles. The van der Waals surface area contributed by atoms with Crippen LogP contribution in [-0.4, -0.2) is 24.2 Å². The normalized spacial score (nSPS) is 10.6. The van der Waals surface area contributed by atoms with Crippen LogP contribution in [0.25, 0.3) is 0 Å². The number of carbonyl (C=O) groups is 1. The summed E-state index contributed by atoms with van der Waals surface area (Å²) >= 11 is 8.62. The number of rotatable bonds is 10. The molecular formula is C19H29BrN2O2S. The van der Waals surface area contributed by atoms with E-state index in [1.807, 2.05) is 6.07 Å². The third kappa shape index (κ3) is 9.21. The molecule has 0 aromatic heterocycles. The van der Waals surface area contributed by atoms with Crippen LogP contribution in [0.2, 0.25) is 0 Å². The molecule has 2 N–H and O–H groups in total. The first-order valence-corrected chi connectivity index (χ1v) is 10.2. The van der Waals surface area contributed by atoms with Crippen molar-refractivity contribution in [1.82, 2.24) is 10.6 Å². The molecule has 4 nitrogen and oxygen atoms in total. The average Bonchev–Trinajstić information content (AvgIpc) is 2.56. The summed E-state index contributed by atoms with van der Waals surface area (Å²) in [5.74, 6) is 0.690. The number of carbonyl (C=O) groups excluding carboxylic acids is 1. The molecule has 140 valence electrons. The van der Waals surface area contributed by atoms with Crippen LogP contribution in [0, 0.1) is 5.92 Å². The van der Waals surface area contributed by atoms with Crippen molar-refractivity contribution < 1.29 is 9.53 Å². The Kier molecular flexibility index (Phi) is 10.7. The Labute approximate surface area is 165 Å². The number of unbranched alkanes of at least 4 members (excludes halogenated alkanes) is 4. The summed E-state index contributed by atoms with van der Waals surface area (Å²) in [6, 6.07) is 5.41. The molecule has 0 bridgehead atoms.